The lowest BCUT2D eigenvalue weighted by atomic mass is 10.1. The van der Waals surface area contributed by atoms with Crippen molar-refractivity contribution in [3.8, 4) is 0 Å². The highest BCUT2D eigenvalue weighted by Crippen LogP contribution is 2.31. The molecule has 8 heavy (non-hydrogen) atoms. The van der Waals surface area contributed by atoms with Crippen LogP contribution in [0.25, 0.3) is 0 Å². The van der Waals surface area contributed by atoms with E-state index in [0.717, 1.165) is 6.42 Å². The van der Waals surface area contributed by atoms with Crippen LogP contribution >= 0.6 is 0 Å². The molecule has 0 amide bonds. The van der Waals surface area contributed by atoms with Crippen molar-refractivity contribution in [2.75, 3.05) is 0 Å². The van der Waals surface area contributed by atoms with Crippen LogP contribution in [0.15, 0.2) is 12.2 Å². The standard InChI is InChI=1S/C6H8O2/c7-4-2-1-3-5-6(4)8-5/h1,3-7H,2H2/t4-,5+,6-/m0/s1. The molecule has 1 heterocycles. The zero-order valence-corrected chi connectivity index (χ0v) is 4.45. The summed E-state index contributed by atoms with van der Waals surface area (Å²) in [6.07, 6.45) is 4.90. The summed E-state index contributed by atoms with van der Waals surface area (Å²) in [5.74, 6) is 0. The van der Waals surface area contributed by atoms with Crippen molar-refractivity contribution in [2.45, 2.75) is 24.7 Å². The topological polar surface area (TPSA) is 32.8 Å². The van der Waals surface area contributed by atoms with Gasteiger partial charge in [-0.25, -0.2) is 0 Å². The Morgan fingerprint density at radius 2 is 2.50 bits per heavy atom. The molecule has 1 aliphatic heterocycles. The first-order valence-electron chi connectivity index (χ1n) is 2.88. The fraction of sp³-hybridized carbons (Fsp3) is 0.667. The van der Waals surface area contributed by atoms with Gasteiger partial charge in [0.25, 0.3) is 0 Å². The molecule has 2 nitrogen and oxygen atoms in total. The Hall–Kier alpha value is -0.340. The van der Waals surface area contributed by atoms with Gasteiger partial charge in [0.05, 0.1) is 6.10 Å². The molecule has 0 bridgehead atoms. The summed E-state index contributed by atoms with van der Waals surface area (Å²) in [7, 11) is 0. The number of hydrogen-bond donors (Lipinski definition) is 1. The van der Waals surface area contributed by atoms with E-state index in [1.165, 1.54) is 0 Å². The van der Waals surface area contributed by atoms with Gasteiger partial charge in [-0.15, -0.1) is 0 Å². The van der Waals surface area contributed by atoms with Gasteiger partial charge in [0.1, 0.15) is 12.2 Å². The van der Waals surface area contributed by atoms with Crippen molar-refractivity contribution in [1.82, 2.24) is 0 Å². The van der Waals surface area contributed by atoms with Crippen LogP contribution in [0.3, 0.4) is 0 Å². The van der Waals surface area contributed by atoms with Crippen molar-refractivity contribution < 1.29 is 9.84 Å². The van der Waals surface area contributed by atoms with E-state index in [1.54, 1.807) is 0 Å². The number of rotatable bonds is 0. The highest BCUT2D eigenvalue weighted by molar-refractivity contribution is 5.11. The van der Waals surface area contributed by atoms with Crippen LogP contribution in [0.2, 0.25) is 0 Å². The van der Waals surface area contributed by atoms with Gasteiger partial charge in [0.2, 0.25) is 0 Å². The van der Waals surface area contributed by atoms with Crippen molar-refractivity contribution >= 4 is 0 Å². The van der Waals surface area contributed by atoms with Crippen molar-refractivity contribution in [2.24, 2.45) is 0 Å². The number of ether oxygens (including phenoxy) is 1. The number of epoxide rings is 1. The molecule has 2 aliphatic rings. The molecule has 1 aliphatic carbocycles. The lowest BCUT2D eigenvalue weighted by molar-refractivity contribution is 0.138. The minimum Gasteiger partial charge on any atom is -0.390 e. The fourth-order valence-corrected chi connectivity index (χ4v) is 1.09. The Kier molecular flexibility index (Phi) is 0.754. The van der Waals surface area contributed by atoms with Gasteiger partial charge in [-0.05, 0) is 6.42 Å². The predicted molar refractivity (Wildman–Crippen MR) is 28.4 cm³/mol. The Labute approximate surface area is 47.8 Å². The number of aliphatic hydroxyl groups excluding tert-OH is 1. The van der Waals surface area contributed by atoms with Gasteiger partial charge < -0.3 is 9.84 Å². The molecule has 1 fully saturated rings. The predicted octanol–water partition coefficient (Wildman–Crippen LogP) is 0.0746. The molecule has 44 valence electrons. The zero-order chi connectivity index (χ0) is 5.56. The molecule has 0 unspecified atom stereocenters. The second kappa shape index (κ2) is 1.33. The first kappa shape index (κ1) is 4.53. The molecular formula is C6H8O2. The largest absolute Gasteiger partial charge is 0.390 e. The Morgan fingerprint density at radius 1 is 1.62 bits per heavy atom. The second-order valence-corrected chi connectivity index (χ2v) is 2.30. The molecule has 0 radical (unpaired) electrons. The van der Waals surface area contributed by atoms with Crippen LogP contribution in [0.5, 0.6) is 0 Å². The van der Waals surface area contributed by atoms with Gasteiger partial charge in [-0.3, -0.25) is 0 Å². The number of fused-ring (bicyclic) bond motifs is 1. The Morgan fingerprint density at radius 3 is 3.12 bits per heavy atom. The minimum absolute atomic E-state index is 0.139. The smallest absolute Gasteiger partial charge is 0.114 e. The third-order valence-corrected chi connectivity index (χ3v) is 1.64. The van der Waals surface area contributed by atoms with Gasteiger partial charge in [-0.2, -0.15) is 0 Å². The zero-order valence-electron chi connectivity index (χ0n) is 4.45. The molecule has 2 rings (SSSR count). The Balaban J connectivity index is 2.13. The van der Waals surface area contributed by atoms with Crippen LogP contribution in [0.1, 0.15) is 6.42 Å². The second-order valence-electron chi connectivity index (χ2n) is 2.30. The number of aliphatic hydroxyl groups is 1. The van der Waals surface area contributed by atoms with E-state index in [9.17, 15) is 0 Å². The first-order chi connectivity index (χ1) is 3.88. The summed E-state index contributed by atoms with van der Waals surface area (Å²) in [4.78, 5) is 0. The molecular weight excluding hydrogens is 104 g/mol. The maximum absolute atomic E-state index is 9.04. The normalized spacial score (nSPS) is 50.9. The van der Waals surface area contributed by atoms with Gasteiger partial charge >= 0.3 is 0 Å². The van der Waals surface area contributed by atoms with E-state index >= 15 is 0 Å². The Bertz CT molecular complexity index is 130. The first-order valence-corrected chi connectivity index (χ1v) is 2.88. The number of hydrogen-bond acceptors (Lipinski definition) is 2. The molecule has 0 saturated carbocycles. The van der Waals surface area contributed by atoms with Crippen LogP contribution < -0.4 is 0 Å². The fourth-order valence-electron chi connectivity index (χ4n) is 1.09. The van der Waals surface area contributed by atoms with Crippen molar-refractivity contribution in [3.63, 3.8) is 0 Å². The third-order valence-electron chi connectivity index (χ3n) is 1.64. The van der Waals surface area contributed by atoms with Crippen molar-refractivity contribution in [1.29, 1.82) is 0 Å². The average molecular weight is 112 g/mol. The molecule has 0 aromatic heterocycles. The minimum atomic E-state index is -0.231. The maximum atomic E-state index is 9.04. The third kappa shape index (κ3) is 0.501. The molecule has 0 aromatic carbocycles. The van der Waals surface area contributed by atoms with Crippen molar-refractivity contribution in [3.05, 3.63) is 12.2 Å². The monoisotopic (exact) mass is 112 g/mol. The van der Waals surface area contributed by atoms with E-state index in [0.29, 0.717) is 0 Å². The SMILES string of the molecule is O[C@H]1CC=C[C@H]2O[C@@H]12. The molecule has 3 atom stereocenters. The van der Waals surface area contributed by atoms with Gasteiger partial charge in [0, 0.05) is 0 Å². The van der Waals surface area contributed by atoms with E-state index in [4.69, 9.17) is 9.84 Å². The van der Waals surface area contributed by atoms with Gasteiger partial charge in [0.15, 0.2) is 0 Å². The van der Waals surface area contributed by atoms with E-state index in [-0.39, 0.29) is 18.3 Å². The van der Waals surface area contributed by atoms with Crippen LogP contribution in [-0.2, 0) is 4.74 Å². The molecule has 0 aromatic rings. The van der Waals surface area contributed by atoms with E-state index in [1.807, 2.05) is 12.2 Å². The van der Waals surface area contributed by atoms with Crippen LogP contribution in [-0.4, -0.2) is 23.4 Å². The molecule has 2 heteroatoms. The van der Waals surface area contributed by atoms with Gasteiger partial charge in [-0.1, -0.05) is 12.2 Å². The lowest BCUT2D eigenvalue weighted by Crippen LogP contribution is -2.17. The van der Waals surface area contributed by atoms with E-state index < -0.39 is 0 Å². The quantitative estimate of drug-likeness (QED) is 0.355. The summed E-state index contributed by atoms with van der Waals surface area (Å²) in [6, 6.07) is 0. The summed E-state index contributed by atoms with van der Waals surface area (Å²) in [5.41, 5.74) is 0. The molecule has 1 saturated heterocycles. The summed E-state index contributed by atoms with van der Waals surface area (Å²) < 4.78 is 5.05. The summed E-state index contributed by atoms with van der Waals surface area (Å²) in [6.45, 7) is 0. The van der Waals surface area contributed by atoms with Crippen LogP contribution in [0, 0.1) is 0 Å². The molecule has 1 N–H and O–H groups in total. The van der Waals surface area contributed by atoms with E-state index in [2.05, 4.69) is 0 Å². The maximum Gasteiger partial charge on any atom is 0.114 e. The highest BCUT2D eigenvalue weighted by Gasteiger charge is 2.43. The average Bonchev–Trinajstić information content (AvgIpc) is 2.45. The van der Waals surface area contributed by atoms with Crippen LogP contribution in [0.4, 0.5) is 0 Å². The highest BCUT2D eigenvalue weighted by atomic mass is 16.6. The summed E-state index contributed by atoms with van der Waals surface area (Å²) >= 11 is 0. The molecule has 0 spiro atoms. The lowest BCUT2D eigenvalue weighted by Gasteiger charge is -2.04. The summed E-state index contributed by atoms with van der Waals surface area (Å²) in [5, 5.41) is 9.04.